The normalized spacial score (nSPS) is 21.7. The van der Waals surface area contributed by atoms with Crippen molar-refractivity contribution in [3.05, 3.63) is 77.2 Å². The molecule has 7 rings (SSSR count). The molecule has 14 nitrogen and oxygen atoms in total. The maximum Gasteiger partial charge on any atom is 0.318 e. The van der Waals surface area contributed by atoms with Crippen LogP contribution in [0.25, 0.3) is 0 Å². The second kappa shape index (κ2) is 14.3. The highest BCUT2D eigenvalue weighted by atomic mass is 32.2. The Kier molecular flexibility index (Phi) is 9.79. The number of methoxy groups -OCH3 is 1. The molecule has 1 aromatic heterocycles. The molecule has 274 valence electrons. The molecule has 0 unspecified atom stereocenters. The van der Waals surface area contributed by atoms with Gasteiger partial charge in [-0.15, -0.1) is 0 Å². The van der Waals surface area contributed by atoms with Crippen molar-refractivity contribution in [2.75, 3.05) is 70.5 Å². The number of urea groups is 1. The maximum atomic E-state index is 15.4. The van der Waals surface area contributed by atoms with Gasteiger partial charge in [-0.25, -0.2) is 22.6 Å². The van der Waals surface area contributed by atoms with Gasteiger partial charge in [-0.2, -0.15) is 9.57 Å². The number of nitrogens with one attached hydrogen (secondary N) is 1. The number of halogens is 1. The molecule has 3 amide bonds. The fourth-order valence-corrected chi connectivity index (χ4v) is 9.09. The Morgan fingerprint density at radius 1 is 1.04 bits per heavy atom. The van der Waals surface area contributed by atoms with E-state index in [0.29, 0.717) is 42.6 Å². The molecule has 5 heterocycles. The molecular formula is C36H40FN7O7S. The molecule has 0 aliphatic carbocycles. The van der Waals surface area contributed by atoms with Gasteiger partial charge >= 0.3 is 6.03 Å². The molecule has 1 N–H and O–H groups in total. The summed E-state index contributed by atoms with van der Waals surface area (Å²) in [5, 5.41) is 12.8. The summed E-state index contributed by atoms with van der Waals surface area (Å²) >= 11 is 0. The number of nitrogens with zero attached hydrogens (tertiary/aromatic N) is 6. The number of rotatable bonds is 9. The van der Waals surface area contributed by atoms with Gasteiger partial charge in [0.05, 0.1) is 55.9 Å². The highest BCUT2D eigenvalue weighted by Gasteiger charge is 2.59. The smallest absolute Gasteiger partial charge is 0.318 e. The van der Waals surface area contributed by atoms with Gasteiger partial charge in [0.1, 0.15) is 16.5 Å². The monoisotopic (exact) mass is 733 g/mol. The van der Waals surface area contributed by atoms with Crippen molar-refractivity contribution < 1.29 is 36.6 Å². The van der Waals surface area contributed by atoms with Gasteiger partial charge in [0.2, 0.25) is 5.88 Å². The van der Waals surface area contributed by atoms with Crippen LogP contribution >= 0.6 is 0 Å². The molecule has 3 aromatic rings. The molecule has 3 fully saturated rings. The molecule has 3 saturated heterocycles. The number of sulfonamides is 1. The molecule has 4 aliphatic rings. The number of pyridine rings is 1. The van der Waals surface area contributed by atoms with Gasteiger partial charge in [-0.1, -0.05) is 0 Å². The number of piperazine rings is 1. The second-order valence-corrected chi connectivity index (χ2v) is 14.9. The number of anilines is 1. The summed E-state index contributed by atoms with van der Waals surface area (Å²) < 4.78 is 60.8. The Bertz CT molecular complexity index is 2010. The van der Waals surface area contributed by atoms with Gasteiger partial charge in [-0.3, -0.25) is 14.6 Å². The predicted octanol–water partition coefficient (Wildman–Crippen LogP) is 2.67. The number of piperidine rings is 1. The zero-order valence-corrected chi connectivity index (χ0v) is 29.8. The Labute approximate surface area is 301 Å². The van der Waals surface area contributed by atoms with Crippen LogP contribution in [0.5, 0.6) is 11.6 Å². The number of hydrogen-bond acceptors (Lipinski definition) is 11. The summed E-state index contributed by atoms with van der Waals surface area (Å²) in [7, 11) is -3.63. The lowest BCUT2D eigenvalue weighted by Gasteiger charge is -2.46. The van der Waals surface area contributed by atoms with Crippen LogP contribution in [0.3, 0.4) is 0 Å². The number of carbonyl (C=O) groups is 2. The number of benzene rings is 2. The number of aromatic nitrogens is 1. The first-order chi connectivity index (χ1) is 25.1. The zero-order chi connectivity index (χ0) is 36.6. The van der Waals surface area contributed by atoms with Crippen molar-refractivity contribution in [2.24, 2.45) is 0 Å². The van der Waals surface area contributed by atoms with Crippen molar-refractivity contribution in [1.82, 2.24) is 25.0 Å². The van der Waals surface area contributed by atoms with Crippen LogP contribution in [0.4, 0.5) is 14.9 Å². The van der Waals surface area contributed by atoms with E-state index in [1.54, 1.807) is 11.8 Å². The molecule has 4 aliphatic heterocycles. The number of hydrogen-bond donors (Lipinski definition) is 1. The van der Waals surface area contributed by atoms with E-state index in [2.05, 4.69) is 20.1 Å². The third-order valence-electron chi connectivity index (χ3n) is 10.4. The van der Waals surface area contributed by atoms with E-state index < -0.39 is 38.2 Å². The van der Waals surface area contributed by atoms with E-state index in [9.17, 15) is 18.5 Å². The number of amides is 3. The van der Waals surface area contributed by atoms with Gasteiger partial charge in [-0.05, 0) is 62.2 Å². The Morgan fingerprint density at radius 3 is 2.40 bits per heavy atom. The van der Waals surface area contributed by atoms with Crippen molar-refractivity contribution in [2.45, 2.75) is 42.3 Å². The van der Waals surface area contributed by atoms with E-state index in [0.717, 1.165) is 51.3 Å². The number of likely N-dealkylation sites (tertiary alicyclic amines) is 1. The third kappa shape index (κ3) is 6.11. The van der Waals surface area contributed by atoms with Gasteiger partial charge in [0.25, 0.3) is 15.9 Å². The fourth-order valence-electron chi connectivity index (χ4n) is 7.57. The first-order valence-electron chi connectivity index (χ1n) is 17.3. The molecule has 16 heteroatoms. The average molecular weight is 734 g/mol. The zero-order valence-electron chi connectivity index (χ0n) is 29.0. The predicted molar refractivity (Wildman–Crippen MR) is 186 cm³/mol. The molecule has 0 spiro atoms. The van der Waals surface area contributed by atoms with E-state index in [1.165, 1.54) is 49.7 Å². The van der Waals surface area contributed by atoms with Crippen LogP contribution in [-0.2, 0) is 25.1 Å². The largest absolute Gasteiger partial charge is 0.497 e. The molecule has 1 atom stereocenters. The minimum absolute atomic E-state index is 0.00129. The second-order valence-electron chi connectivity index (χ2n) is 13.2. The summed E-state index contributed by atoms with van der Waals surface area (Å²) in [5.74, 6) is -2.19. The highest BCUT2D eigenvalue weighted by Crippen LogP contribution is 2.49. The summed E-state index contributed by atoms with van der Waals surface area (Å²) in [6, 6.07) is 12.6. The molecule has 2 aromatic carbocycles. The number of nitriles is 1. The molecule has 52 heavy (non-hydrogen) atoms. The van der Waals surface area contributed by atoms with Crippen molar-refractivity contribution in [3.63, 3.8) is 0 Å². The number of fused-ring (bicyclic) bond motifs is 1. The lowest BCUT2D eigenvalue weighted by molar-refractivity contribution is -0.121. The van der Waals surface area contributed by atoms with Gasteiger partial charge in [0.15, 0.2) is 5.54 Å². The summed E-state index contributed by atoms with van der Waals surface area (Å²) in [6.45, 7) is 7.41. The highest BCUT2D eigenvalue weighted by molar-refractivity contribution is 7.93. The molecular weight excluding hydrogens is 694 g/mol. The first-order valence-corrected chi connectivity index (χ1v) is 18.8. The minimum atomic E-state index is -4.94. The van der Waals surface area contributed by atoms with Crippen molar-refractivity contribution >= 4 is 27.6 Å². The van der Waals surface area contributed by atoms with Crippen molar-refractivity contribution in [3.8, 4) is 17.7 Å². The SMILES string of the molecule is CCOc1ncccc1[C@]1(NC(=O)N2CCN(C3CCN(C4COC4)CC3)CC2)C(=O)N(S(=O)(=O)c2ccc(OC)cc2F)c2ccc(C#N)cc21. The number of ether oxygens (including phenoxy) is 3. The van der Waals surface area contributed by atoms with Gasteiger partial charge < -0.3 is 24.4 Å². The number of carbonyl (C=O) groups excluding carboxylic acids is 2. The lowest BCUT2D eigenvalue weighted by Crippen LogP contribution is -2.61. The summed E-state index contributed by atoms with van der Waals surface area (Å²) in [4.78, 5) is 39.4. The summed E-state index contributed by atoms with van der Waals surface area (Å²) in [6.07, 6.45) is 3.50. The van der Waals surface area contributed by atoms with Crippen LogP contribution in [-0.4, -0.2) is 118 Å². The fraction of sp³-hybridized carbons (Fsp3) is 0.444. The molecule has 0 bridgehead atoms. The topological polar surface area (TPSA) is 158 Å². The van der Waals surface area contributed by atoms with Gasteiger partial charge in [0, 0.05) is 63.1 Å². The quantitative estimate of drug-likeness (QED) is 0.345. The summed E-state index contributed by atoms with van der Waals surface area (Å²) in [5.41, 5.74) is -2.23. The van der Waals surface area contributed by atoms with Crippen LogP contribution in [0.2, 0.25) is 0 Å². The third-order valence-corrected chi connectivity index (χ3v) is 12.1. The minimum Gasteiger partial charge on any atom is -0.497 e. The van der Waals surface area contributed by atoms with Crippen LogP contribution in [0.1, 0.15) is 36.5 Å². The Hall–Kier alpha value is -4.82. The van der Waals surface area contributed by atoms with Crippen LogP contribution in [0, 0.1) is 17.1 Å². The van der Waals surface area contributed by atoms with E-state index >= 15 is 9.18 Å². The van der Waals surface area contributed by atoms with Crippen molar-refractivity contribution in [1.29, 1.82) is 5.26 Å². The van der Waals surface area contributed by atoms with E-state index in [4.69, 9.17) is 14.2 Å². The van der Waals surface area contributed by atoms with E-state index in [1.807, 2.05) is 6.07 Å². The Balaban J connectivity index is 1.24. The van der Waals surface area contributed by atoms with E-state index in [-0.39, 0.29) is 40.6 Å². The molecule has 0 saturated carbocycles. The molecule has 0 radical (unpaired) electrons. The lowest BCUT2D eigenvalue weighted by atomic mass is 9.83. The Morgan fingerprint density at radius 2 is 1.77 bits per heavy atom. The van der Waals surface area contributed by atoms with Crippen LogP contribution < -0.4 is 19.1 Å². The van der Waals surface area contributed by atoms with Crippen LogP contribution in [0.15, 0.2) is 59.6 Å². The first kappa shape index (κ1) is 35.6. The average Bonchev–Trinajstić information content (AvgIpc) is 3.38. The maximum absolute atomic E-state index is 15.4. The standard InChI is InChI=1S/C36H40FN7O7S/c1-3-51-33-28(5-4-12-39-33)36(40-35(46)43-17-15-42(16-18-43)25-10-13-41(14-11-25)26-22-50-23-26)29-19-24(21-38)6-8-31(29)44(34(36)45)52(47,48)32-9-7-27(49-2)20-30(32)37/h4-9,12,19-20,25-26H,3,10-11,13-18,22-23H2,1-2H3,(H,40,46)/t36-/m1/s1.